The van der Waals surface area contributed by atoms with E-state index < -0.39 is 0 Å². The number of rotatable bonds is 4. The summed E-state index contributed by atoms with van der Waals surface area (Å²) in [7, 11) is 0. The number of pyridine rings is 1. The minimum Gasteiger partial charge on any atom is -0.339 e. The number of hydrogen-bond acceptors (Lipinski definition) is 2. The van der Waals surface area contributed by atoms with Gasteiger partial charge in [-0.05, 0) is 48.7 Å². The van der Waals surface area contributed by atoms with E-state index in [4.69, 9.17) is 16.6 Å². The molecule has 1 amide bonds. The molecule has 0 spiro atoms. The average Bonchev–Trinajstić information content (AvgIpc) is 2.76. The van der Waals surface area contributed by atoms with Crippen LogP contribution in [0.15, 0.2) is 72.8 Å². The van der Waals surface area contributed by atoms with Crippen molar-refractivity contribution in [2.24, 2.45) is 0 Å². The molecule has 2 heterocycles. The molecule has 3 nitrogen and oxygen atoms in total. The number of aromatic nitrogens is 1. The van der Waals surface area contributed by atoms with Gasteiger partial charge in [-0.2, -0.15) is 0 Å². The van der Waals surface area contributed by atoms with E-state index in [9.17, 15) is 4.79 Å². The van der Waals surface area contributed by atoms with Crippen molar-refractivity contribution in [2.75, 3.05) is 13.1 Å². The van der Waals surface area contributed by atoms with Gasteiger partial charge in [-0.1, -0.05) is 54.1 Å². The Morgan fingerprint density at radius 2 is 1.64 bits per heavy atom. The summed E-state index contributed by atoms with van der Waals surface area (Å²) >= 11 is 6.29. The minimum atomic E-state index is 0.125. The summed E-state index contributed by atoms with van der Waals surface area (Å²) in [6.45, 7) is 1.55. The summed E-state index contributed by atoms with van der Waals surface area (Å²) in [5.41, 5.74) is 4.02. The van der Waals surface area contributed by atoms with Crippen molar-refractivity contribution < 1.29 is 4.79 Å². The molecule has 1 saturated heterocycles. The summed E-state index contributed by atoms with van der Waals surface area (Å²) in [5, 5.41) is 0.780. The largest absolute Gasteiger partial charge is 0.339 e. The second-order valence-electron chi connectivity index (χ2n) is 7.25. The van der Waals surface area contributed by atoms with Crippen LogP contribution in [0.2, 0.25) is 5.02 Å². The first-order valence-corrected chi connectivity index (χ1v) is 10.1. The molecule has 1 aliphatic heterocycles. The molecule has 4 rings (SSSR count). The number of carbonyl (C=O) groups excluding carboxylic acids is 1. The SMILES string of the molecule is O=C(c1ccccc1)N1CCC(c2cccc(Cc3ccccc3Cl)n2)CC1. The van der Waals surface area contributed by atoms with Crippen molar-refractivity contribution in [2.45, 2.75) is 25.2 Å². The number of carbonyl (C=O) groups is 1. The number of nitrogens with zero attached hydrogens (tertiary/aromatic N) is 2. The molecule has 1 aromatic heterocycles. The monoisotopic (exact) mass is 390 g/mol. The fourth-order valence-corrected chi connectivity index (χ4v) is 4.01. The fraction of sp³-hybridized carbons (Fsp3) is 0.250. The van der Waals surface area contributed by atoms with Crippen LogP contribution in [0.1, 0.15) is 46.1 Å². The Hall–Kier alpha value is -2.65. The summed E-state index contributed by atoms with van der Waals surface area (Å²) < 4.78 is 0. The molecule has 0 unspecified atom stereocenters. The number of likely N-dealkylation sites (tertiary alicyclic amines) is 1. The third kappa shape index (κ3) is 4.26. The zero-order valence-corrected chi connectivity index (χ0v) is 16.5. The summed E-state index contributed by atoms with van der Waals surface area (Å²) in [4.78, 5) is 19.5. The van der Waals surface area contributed by atoms with Crippen molar-refractivity contribution in [3.05, 3.63) is 100 Å². The Bertz CT molecular complexity index is 950. The van der Waals surface area contributed by atoms with Gasteiger partial charge >= 0.3 is 0 Å². The van der Waals surface area contributed by atoms with E-state index in [-0.39, 0.29) is 5.91 Å². The van der Waals surface area contributed by atoms with Gasteiger partial charge in [-0.25, -0.2) is 0 Å². The van der Waals surface area contributed by atoms with Crippen LogP contribution in [0, 0.1) is 0 Å². The maximum absolute atomic E-state index is 12.6. The highest BCUT2D eigenvalue weighted by Gasteiger charge is 2.25. The van der Waals surface area contributed by atoms with Gasteiger partial charge in [-0.3, -0.25) is 9.78 Å². The first-order valence-electron chi connectivity index (χ1n) is 9.74. The van der Waals surface area contributed by atoms with Gasteiger partial charge in [0.2, 0.25) is 0 Å². The van der Waals surface area contributed by atoms with Crippen LogP contribution in [0.4, 0.5) is 0 Å². The molecule has 142 valence electrons. The average molecular weight is 391 g/mol. The molecular weight excluding hydrogens is 368 g/mol. The second kappa shape index (κ2) is 8.57. The predicted octanol–water partition coefficient (Wildman–Crippen LogP) is 5.35. The molecule has 0 atom stereocenters. The van der Waals surface area contributed by atoms with Crippen molar-refractivity contribution in [1.82, 2.24) is 9.88 Å². The lowest BCUT2D eigenvalue weighted by Gasteiger charge is -2.32. The Balaban J connectivity index is 1.41. The standard InChI is InChI=1S/C24H23ClN2O/c25-22-11-5-4-9-20(22)17-21-10-6-12-23(26-21)18-13-15-27(16-14-18)24(28)19-7-2-1-3-8-19/h1-12,18H,13-17H2. The van der Waals surface area contributed by atoms with E-state index in [1.165, 1.54) is 0 Å². The third-order valence-electron chi connectivity index (χ3n) is 5.38. The lowest BCUT2D eigenvalue weighted by atomic mass is 9.92. The zero-order valence-electron chi connectivity index (χ0n) is 15.7. The van der Waals surface area contributed by atoms with Crippen LogP contribution in [0.5, 0.6) is 0 Å². The van der Waals surface area contributed by atoms with Crippen LogP contribution < -0.4 is 0 Å². The van der Waals surface area contributed by atoms with Crippen molar-refractivity contribution in [1.29, 1.82) is 0 Å². The van der Waals surface area contributed by atoms with E-state index in [0.29, 0.717) is 5.92 Å². The molecule has 0 aliphatic carbocycles. The van der Waals surface area contributed by atoms with Crippen LogP contribution >= 0.6 is 11.6 Å². The molecule has 1 fully saturated rings. The Morgan fingerprint density at radius 3 is 2.39 bits per heavy atom. The number of halogens is 1. The van der Waals surface area contributed by atoms with E-state index in [0.717, 1.165) is 59.9 Å². The molecule has 2 aromatic carbocycles. The molecule has 0 N–H and O–H groups in total. The maximum atomic E-state index is 12.6. The molecule has 28 heavy (non-hydrogen) atoms. The molecule has 0 radical (unpaired) electrons. The Labute approximate surface area is 171 Å². The van der Waals surface area contributed by atoms with E-state index in [2.05, 4.69) is 18.2 Å². The highest BCUT2D eigenvalue weighted by atomic mass is 35.5. The Morgan fingerprint density at radius 1 is 0.929 bits per heavy atom. The van der Waals surface area contributed by atoms with Gasteiger partial charge in [0.25, 0.3) is 5.91 Å². The number of hydrogen-bond donors (Lipinski definition) is 0. The number of amides is 1. The molecule has 1 aliphatic rings. The molecule has 0 saturated carbocycles. The lowest BCUT2D eigenvalue weighted by Crippen LogP contribution is -2.38. The highest BCUT2D eigenvalue weighted by Crippen LogP contribution is 2.28. The van der Waals surface area contributed by atoms with E-state index in [1.807, 2.05) is 59.5 Å². The molecule has 0 bridgehead atoms. The van der Waals surface area contributed by atoms with Crippen LogP contribution in [0.3, 0.4) is 0 Å². The summed E-state index contributed by atoms with van der Waals surface area (Å²) in [6, 6.07) is 23.7. The van der Waals surface area contributed by atoms with Gasteiger partial charge in [0.15, 0.2) is 0 Å². The number of piperidine rings is 1. The smallest absolute Gasteiger partial charge is 0.253 e. The number of benzene rings is 2. The Kier molecular flexibility index (Phi) is 5.73. The van der Waals surface area contributed by atoms with Gasteiger partial charge in [-0.15, -0.1) is 0 Å². The van der Waals surface area contributed by atoms with Crippen LogP contribution in [0.25, 0.3) is 0 Å². The zero-order chi connectivity index (χ0) is 19.3. The normalized spacial score (nSPS) is 14.8. The van der Waals surface area contributed by atoms with Gasteiger partial charge in [0.05, 0.1) is 0 Å². The second-order valence-corrected chi connectivity index (χ2v) is 7.66. The summed E-state index contributed by atoms with van der Waals surface area (Å²) in [5.74, 6) is 0.519. The van der Waals surface area contributed by atoms with Crippen molar-refractivity contribution >= 4 is 17.5 Å². The molecular formula is C24H23ClN2O. The first kappa shape index (κ1) is 18.7. The van der Waals surface area contributed by atoms with Gasteiger partial charge in [0, 0.05) is 47.4 Å². The highest BCUT2D eigenvalue weighted by molar-refractivity contribution is 6.31. The maximum Gasteiger partial charge on any atom is 0.253 e. The quantitative estimate of drug-likeness (QED) is 0.602. The topological polar surface area (TPSA) is 33.2 Å². The van der Waals surface area contributed by atoms with Crippen molar-refractivity contribution in [3.8, 4) is 0 Å². The first-order chi connectivity index (χ1) is 13.7. The van der Waals surface area contributed by atoms with Gasteiger partial charge in [0.1, 0.15) is 0 Å². The van der Waals surface area contributed by atoms with Crippen molar-refractivity contribution in [3.63, 3.8) is 0 Å². The van der Waals surface area contributed by atoms with Crippen LogP contribution in [-0.4, -0.2) is 28.9 Å². The van der Waals surface area contributed by atoms with Gasteiger partial charge < -0.3 is 4.90 Å². The molecule has 4 heteroatoms. The fourth-order valence-electron chi connectivity index (χ4n) is 3.80. The third-order valence-corrected chi connectivity index (χ3v) is 5.75. The lowest BCUT2D eigenvalue weighted by molar-refractivity contribution is 0.0712. The van der Waals surface area contributed by atoms with E-state index >= 15 is 0 Å². The molecule has 3 aromatic rings. The van der Waals surface area contributed by atoms with E-state index in [1.54, 1.807) is 0 Å². The van der Waals surface area contributed by atoms with Crippen LogP contribution in [-0.2, 0) is 6.42 Å². The summed E-state index contributed by atoms with van der Waals surface area (Å²) in [6.07, 6.45) is 2.63. The predicted molar refractivity (Wildman–Crippen MR) is 113 cm³/mol. The minimum absolute atomic E-state index is 0.125.